The second-order valence-electron chi connectivity index (χ2n) is 4.91. The number of hydrogen-bond acceptors (Lipinski definition) is 2. The van der Waals surface area contributed by atoms with E-state index in [4.69, 9.17) is 0 Å². The van der Waals surface area contributed by atoms with E-state index in [1.807, 2.05) is 25.3 Å². The van der Waals surface area contributed by atoms with E-state index in [1.54, 1.807) is 10.6 Å². The number of aromatic hydroxyl groups is 1. The fourth-order valence-electron chi connectivity index (χ4n) is 2.54. The molecule has 0 aliphatic heterocycles. The van der Waals surface area contributed by atoms with Gasteiger partial charge in [-0.15, -0.1) is 0 Å². The van der Waals surface area contributed by atoms with Gasteiger partial charge in [0.25, 0.3) is 5.56 Å². The van der Waals surface area contributed by atoms with Gasteiger partial charge in [0.15, 0.2) is 0 Å². The number of benzene rings is 1. The second-order valence-corrected chi connectivity index (χ2v) is 4.91. The van der Waals surface area contributed by atoms with Crippen LogP contribution in [0.2, 0.25) is 0 Å². The highest BCUT2D eigenvalue weighted by Gasteiger charge is 2.04. The molecule has 102 valence electrons. The van der Waals surface area contributed by atoms with E-state index in [2.05, 4.69) is 22.8 Å². The number of rotatable bonds is 3. The van der Waals surface area contributed by atoms with Crippen molar-refractivity contribution in [1.29, 1.82) is 0 Å². The van der Waals surface area contributed by atoms with Crippen molar-refractivity contribution in [3.8, 4) is 5.75 Å². The van der Waals surface area contributed by atoms with Crippen LogP contribution in [-0.2, 0) is 13.1 Å². The first kappa shape index (κ1) is 12.5. The summed E-state index contributed by atoms with van der Waals surface area (Å²) in [6.45, 7) is 3.14. The lowest BCUT2D eigenvalue weighted by atomic mass is 10.2. The molecule has 0 unspecified atom stereocenters. The number of nitrogens with zero attached hydrogens (tertiary/aromatic N) is 2. The monoisotopic (exact) mass is 268 g/mol. The van der Waals surface area contributed by atoms with Crippen LogP contribution in [0.5, 0.6) is 5.75 Å². The van der Waals surface area contributed by atoms with Gasteiger partial charge < -0.3 is 14.2 Å². The zero-order valence-electron chi connectivity index (χ0n) is 11.3. The number of fused-ring (bicyclic) bond motifs is 1. The smallest absolute Gasteiger partial charge is 0.254 e. The lowest BCUT2D eigenvalue weighted by Gasteiger charge is -2.11. The lowest BCUT2D eigenvalue weighted by Crippen LogP contribution is -2.23. The van der Waals surface area contributed by atoms with Crippen LogP contribution in [0.1, 0.15) is 5.69 Å². The molecule has 3 rings (SSSR count). The van der Waals surface area contributed by atoms with Crippen LogP contribution in [0, 0.1) is 6.92 Å². The zero-order valence-corrected chi connectivity index (χ0v) is 11.3. The molecule has 1 N–H and O–H groups in total. The van der Waals surface area contributed by atoms with Crippen LogP contribution in [0.4, 0.5) is 0 Å². The largest absolute Gasteiger partial charge is 0.508 e. The number of pyridine rings is 1. The topological polar surface area (TPSA) is 47.2 Å². The highest BCUT2D eigenvalue weighted by molar-refractivity contribution is 5.79. The highest BCUT2D eigenvalue weighted by atomic mass is 16.3. The summed E-state index contributed by atoms with van der Waals surface area (Å²) >= 11 is 0. The molecule has 1 aromatic carbocycles. The standard InChI is InChI=1S/C16H16N2O2/c1-12-10-14(19)11-16(20)18(12)9-8-17-7-6-13-4-2-3-5-15(13)17/h2-7,10-11,19H,8-9H2,1H3. The Labute approximate surface area is 116 Å². The maximum absolute atomic E-state index is 11.9. The summed E-state index contributed by atoms with van der Waals surface area (Å²) in [5.74, 6) is 0.0233. The van der Waals surface area contributed by atoms with Crippen LogP contribution in [-0.4, -0.2) is 14.2 Å². The molecule has 2 heterocycles. The normalized spacial score (nSPS) is 11.1. The van der Waals surface area contributed by atoms with Gasteiger partial charge >= 0.3 is 0 Å². The minimum absolute atomic E-state index is 0.0233. The van der Waals surface area contributed by atoms with Crippen molar-refractivity contribution in [3.05, 3.63) is 64.7 Å². The van der Waals surface area contributed by atoms with Gasteiger partial charge in [0.05, 0.1) is 0 Å². The predicted octanol–water partition coefficient (Wildman–Crippen LogP) is 2.52. The quantitative estimate of drug-likeness (QED) is 0.793. The molecule has 0 saturated carbocycles. The van der Waals surface area contributed by atoms with Gasteiger partial charge in [-0.3, -0.25) is 4.79 Å². The Morgan fingerprint density at radius 2 is 1.90 bits per heavy atom. The summed E-state index contributed by atoms with van der Waals surface area (Å²) < 4.78 is 3.81. The van der Waals surface area contributed by atoms with Gasteiger partial charge in [-0.25, -0.2) is 0 Å². The Morgan fingerprint density at radius 3 is 2.70 bits per heavy atom. The van der Waals surface area contributed by atoms with Crippen LogP contribution < -0.4 is 5.56 Å². The van der Waals surface area contributed by atoms with Crippen LogP contribution >= 0.6 is 0 Å². The third-order valence-corrected chi connectivity index (χ3v) is 3.56. The van der Waals surface area contributed by atoms with Gasteiger partial charge in [-0.1, -0.05) is 18.2 Å². The van der Waals surface area contributed by atoms with Gasteiger partial charge in [0.2, 0.25) is 0 Å². The predicted molar refractivity (Wildman–Crippen MR) is 79.0 cm³/mol. The Balaban J connectivity index is 1.89. The fraction of sp³-hybridized carbons (Fsp3) is 0.188. The Bertz CT molecular complexity index is 815. The molecule has 0 amide bonds. The van der Waals surface area contributed by atoms with Crippen molar-refractivity contribution in [2.45, 2.75) is 20.0 Å². The molecule has 0 spiro atoms. The third kappa shape index (κ3) is 2.20. The van der Waals surface area contributed by atoms with E-state index in [0.29, 0.717) is 6.54 Å². The number of aromatic nitrogens is 2. The average molecular weight is 268 g/mol. The van der Waals surface area contributed by atoms with Gasteiger partial charge in [-0.2, -0.15) is 0 Å². The van der Waals surface area contributed by atoms with Crippen molar-refractivity contribution in [2.75, 3.05) is 0 Å². The molecule has 0 saturated heterocycles. The minimum atomic E-state index is -0.168. The van der Waals surface area contributed by atoms with Gasteiger partial charge in [0.1, 0.15) is 5.75 Å². The molecule has 2 aromatic heterocycles. The first-order valence-corrected chi connectivity index (χ1v) is 6.59. The van der Waals surface area contributed by atoms with E-state index in [0.717, 1.165) is 17.8 Å². The summed E-state index contributed by atoms with van der Waals surface area (Å²) in [6, 6.07) is 13.1. The third-order valence-electron chi connectivity index (χ3n) is 3.56. The fourth-order valence-corrected chi connectivity index (χ4v) is 2.54. The van der Waals surface area contributed by atoms with Crippen LogP contribution in [0.3, 0.4) is 0 Å². The van der Waals surface area contributed by atoms with Crippen molar-refractivity contribution >= 4 is 10.9 Å². The molecule has 0 radical (unpaired) electrons. The van der Waals surface area contributed by atoms with Crippen molar-refractivity contribution in [3.63, 3.8) is 0 Å². The molecular weight excluding hydrogens is 252 g/mol. The number of aryl methyl sites for hydroxylation is 2. The van der Waals surface area contributed by atoms with Crippen LogP contribution in [0.15, 0.2) is 53.5 Å². The molecule has 4 heteroatoms. The molecule has 4 nitrogen and oxygen atoms in total. The molecule has 0 aliphatic carbocycles. The SMILES string of the molecule is Cc1cc(O)cc(=O)n1CCn1ccc2ccccc21. The van der Waals surface area contributed by atoms with E-state index < -0.39 is 0 Å². The van der Waals surface area contributed by atoms with E-state index >= 15 is 0 Å². The van der Waals surface area contributed by atoms with Gasteiger partial charge in [0, 0.05) is 36.6 Å². The molecule has 3 aromatic rings. The maximum atomic E-state index is 11.9. The first-order chi connectivity index (χ1) is 9.65. The van der Waals surface area contributed by atoms with E-state index in [1.165, 1.54) is 11.5 Å². The lowest BCUT2D eigenvalue weighted by molar-refractivity contribution is 0.467. The molecule has 0 fully saturated rings. The summed E-state index contributed by atoms with van der Waals surface area (Å²) in [7, 11) is 0. The van der Waals surface area contributed by atoms with E-state index in [9.17, 15) is 9.90 Å². The summed E-state index contributed by atoms with van der Waals surface area (Å²) in [5, 5.41) is 10.6. The van der Waals surface area contributed by atoms with Gasteiger partial charge in [-0.05, 0) is 30.5 Å². The average Bonchev–Trinajstić information content (AvgIpc) is 2.81. The zero-order chi connectivity index (χ0) is 14.1. The Morgan fingerprint density at radius 1 is 1.10 bits per heavy atom. The number of hydrogen-bond donors (Lipinski definition) is 1. The minimum Gasteiger partial charge on any atom is -0.508 e. The first-order valence-electron chi connectivity index (χ1n) is 6.59. The Kier molecular flexibility index (Phi) is 3.06. The maximum Gasteiger partial charge on any atom is 0.254 e. The highest BCUT2D eigenvalue weighted by Crippen LogP contribution is 2.15. The van der Waals surface area contributed by atoms with E-state index in [-0.39, 0.29) is 11.3 Å². The summed E-state index contributed by atoms with van der Waals surface area (Å²) in [5.41, 5.74) is 1.77. The Hall–Kier alpha value is -2.49. The molecular formula is C16H16N2O2. The molecule has 0 atom stereocenters. The van der Waals surface area contributed by atoms with Crippen LogP contribution in [0.25, 0.3) is 10.9 Å². The number of para-hydroxylation sites is 1. The van der Waals surface area contributed by atoms with Crippen molar-refractivity contribution in [2.24, 2.45) is 0 Å². The van der Waals surface area contributed by atoms with Crippen molar-refractivity contribution < 1.29 is 5.11 Å². The summed E-state index contributed by atoms with van der Waals surface area (Å²) in [4.78, 5) is 11.9. The molecule has 0 bridgehead atoms. The molecule has 0 aliphatic rings. The van der Waals surface area contributed by atoms with Crippen molar-refractivity contribution in [1.82, 2.24) is 9.13 Å². The molecule has 20 heavy (non-hydrogen) atoms. The summed E-state index contributed by atoms with van der Waals surface area (Å²) in [6.07, 6.45) is 2.03. The second kappa shape index (κ2) is 4.89.